The summed E-state index contributed by atoms with van der Waals surface area (Å²) in [5, 5.41) is 1.04. The van der Waals surface area contributed by atoms with Crippen LogP contribution in [-0.2, 0) is 11.2 Å². The Morgan fingerprint density at radius 2 is 1.45 bits per heavy atom. The van der Waals surface area contributed by atoms with E-state index in [0.29, 0.717) is 12.2 Å². The minimum absolute atomic E-state index is 0.298. The van der Waals surface area contributed by atoms with Crippen molar-refractivity contribution in [3.63, 3.8) is 0 Å². The predicted octanol–water partition coefficient (Wildman–Crippen LogP) is 5.15. The zero-order chi connectivity index (χ0) is 16.0. The molecule has 1 nitrogen and oxygen atoms in total. The Morgan fingerprint density at radius 1 is 0.909 bits per heavy atom. The molecule has 2 heteroatoms. The van der Waals surface area contributed by atoms with Crippen molar-refractivity contribution >= 4 is 19.9 Å². The first-order valence-corrected chi connectivity index (χ1v) is 11.3. The van der Waals surface area contributed by atoms with Crippen molar-refractivity contribution in [1.82, 2.24) is 0 Å². The van der Waals surface area contributed by atoms with E-state index in [1.807, 2.05) is 36.4 Å². The standard InChI is InChI=1S/C20H24OSi/c1-22(2,3)20(16-18-12-8-5-9-13-18)19(21)15-14-17-10-6-4-7-11-17/h4-13,16H,14-15H2,1-3H3/b20-16-. The summed E-state index contributed by atoms with van der Waals surface area (Å²) in [5.74, 6) is 0.298. The van der Waals surface area contributed by atoms with Gasteiger partial charge in [0.05, 0.1) is 8.07 Å². The van der Waals surface area contributed by atoms with Crippen LogP contribution in [0.5, 0.6) is 0 Å². The van der Waals surface area contributed by atoms with Gasteiger partial charge in [0.1, 0.15) is 0 Å². The number of ketones is 1. The molecule has 0 amide bonds. The number of benzene rings is 2. The van der Waals surface area contributed by atoms with Crippen molar-refractivity contribution in [3.8, 4) is 0 Å². The highest BCUT2D eigenvalue weighted by Crippen LogP contribution is 2.21. The second-order valence-corrected chi connectivity index (χ2v) is 11.7. The third kappa shape index (κ3) is 4.81. The second-order valence-electron chi connectivity index (χ2n) is 6.63. The maximum absolute atomic E-state index is 12.7. The van der Waals surface area contributed by atoms with Gasteiger partial charge in [-0.15, -0.1) is 0 Å². The van der Waals surface area contributed by atoms with Crippen LogP contribution in [0.15, 0.2) is 65.9 Å². The normalized spacial score (nSPS) is 12.2. The highest BCUT2D eigenvalue weighted by Gasteiger charge is 2.25. The zero-order valence-corrected chi connectivity index (χ0v) is 14.7. The van der Waals surface area contributed by atoms with Gasteiger partial charge in [0.25, 0.3) is 0 Å². The van der Waals surface area contributed by atoms with Crippen molar-refractivity contribution < 1.29 is 4.79 Å². The molecule has 0 atom stereocenters. The molecule has 0 aliphatic heterocycles. The Balaban J connectivity index is 2.16. The van der Waals surface area contributed by atoms with Crippen LogP contribution in [0.1, 0.15) is 17.5 Å². The highest BCUT2D eigenvalue weighted by molar-refractivity contribution is 6.88. The monoisotopic (exact) mass is 308 g/mol. The number of aryl methyl sites for hydroxylation is 1. The van der Waals surface area contributed by atoms with Gasteiger partial charge in [-0.25, -0.2) is 0 Å². The number of allylic oxidation sites excluding steroid dienone is 1. The molecule has 2 aromatic carbocycles. The van der Waals surface area contributed by atoms with Crippen LogP contribution in [0.2, 0.25) is 19.6 Å². The molecule has 0 unspecified atom stereocenters. The van der Waals surface area contributed by atoms with Crippen molar-refractivity contribution in [2.75, 3.05) is 0 Å². The molecule has 2 aromatic rings. The zero-order valence-electron chi connectivity index (χ0n) is 13.7. The van der Waals surface area contributed by atoms with Gasteiger partial charge >= 0.3 is 0 Å². The number of rotatable bonds is 6. The van der Waals surface area contributed by atoms with Crippen molar-refractivity contribution in [2.24, 2.45) is 0 Å². The number of hydrogen-bond donors (Lipinski definition) is 0. The topological polar surface area (TPSA) is 17.1 Å². The van der Waals surface area contributed by atoms with Gasteiger partial charge in [-0.1, -0.05) is 86.4 Å². The van der Waals surface area contributed by atoms with Crippen molar-refractivity contribution in [2.45, 2.75) is 32.5 Å². The van der Waals surface area contributed by atoms with Crippen LogP contribution in [-0.4, -0.2) is 13.9 Å². The van der Waals surface area contributed by atoms with Crippen LogP contribution in [0.4, 0.5) is 0 Å². The number of Topliss-reactive ketones (excluding diaryl/α,β-unsaturated/α-hetero) is 1. The quantitative estimate of drug-likeness (QED) is 0.533. The van der Waals surface area contributed by atoms with Gasteiger partial charge in [0.2, 0.25) is 0 Å². The van der Waals surface area contributed by atoms with Crippen molar-refractivity contribution in [1.29, 1.82) is 0 Å². The van der Waals surface area contributed by atoms with Crippen LogP contribution in [0.3, 0.4) is 0 Å². The lowest BCUT2D eigenvalue weighted by Crippen LogP contribution is -2.29. The summed E-state index contributed by atoms with van der Waals surface area (Å²) < 4.78 is 0. The molecule has 22 heavy (non-hydrogen) atoms. The van der Waals surface area contributed by atoms with E-state index in [0.717, 1.165) is 17.2 Å². The van der Waals surface area contributed by atoms with Gasteiger partial charge in [0, 0.05) is 6.42 Å². The van der Waals surface area contributed by atoms with E-state index < -0.39 is 8.07 Å². The van der Waals surface area contributed by atoms with E-state index in [2.05, 4.69) is 50.0 Å². The molecule has 0 spiro atoms. The summed E-state index contributed by atoms with van der Waals surface area (Å²) in [6, 6.07) is 20.4. The van der Waals surface area contributed by atoms with Gasteiger partial charge < -0.3 is 0 Å². The van der Waals surface area contributed by atoms with Crippen LogP contribution >= 0.6 is 0 Å². The van der Waals surface area contributed by atoms with Gasteiger partial charge in [-0.05, 0) is 22.7 Å². The maximum Gasteiger partial charge on any atom is 0.155 e. The summed E-state index contributed by atoms with van der Waals surface area (Å²) in [5.41, 5.74) is 2.35. The van der Waals surface area contributed by atoms with Gasteiger partial charge in [-0.2, -0.15) is 0 Å². The number of carbonyl (C=O) groups excluding carboxylic acids is 1. The summed E-state index contributed by atoms with van der Waals surface area (Å²) in [6.07, 6.45) is 3.50. The van der Waals surface area contributed by atoms with Crippen LogP contribution < -0.4 is 0 Å². The minimum atomic E-state index is -1.66. The molecule has 0 radical (unpaired) electrons. The lowest BCUT2D eigenvalue weighted by Gasteiger charge is -2.20. The van der Waals surface area contributed by atoms with E-state index in [-0.39, 0.29) is 0 Å². The fourth-order valence-corrected chi connectivity index (χ4v) is 4.03. The molecule has 0 saturated heterocycles. The molecule has 0 aromatic heterocycles. The Labute approximate surface area is 134 Å². The third-order valence-electron chi connectivity index (χ3n) is 3.70. The molecular weight excluding hydrogens is 284 g/mol. The lowest BCUT2D eigenvalue weighted by molar-refractivity contribution is -0.114. The van der Waals surface area contributed by atoms with E-state index in [4.69, 9.17) is 0 Å². The largest absolute Gasteiger partial charge is 0.295 e. The molecule has 114 valence electrons. The molecule has 0 bridgehead atoms. The summed E-state index contributed by atoms with van der Waals surface area (Å²) in [4.78, 5) is 12.7. The summed E-state index contributed by atoms with van der Waals surface area (Å²) >= 11 is 0. The molecule has 0 saturated carbocycles. The Hall–Kier alpha value is -1.93. The van der Waals surface area contributed by atoms with E-state index in [9.17, 15) is 4.79 Å². The second kappa shape index (κ2) is 7.37. The summed E-state index contributed by atoms with van der Waals surface area (Å²) in [7, 11) is -1.66. The molecule has 0 fully saturated rings. The minimum Gasteiger partial charge on any atom is -0.295 e. The molecule has 2 rings (SSSR count). The molecule has 0 aliphatic carbocycles. The predicted molar refractivity (Wildman–Crippen MR) is 97.5 cm³/mol. The lowest BCUT2D eigenvalue weighted by atomic mass is 10.1. The van der Waals surface area contributed by atoms with Crippen LogP contribution in [0, 0.1) is 0 Å². The molecule has 0 heterocycles. The third-order valence-corrected chi connectivity index (χ3v) is 5.74. The Morgan fingerprint density at radius 3 is 2.00 bits per heavy atom. The van der Waals surface area contributed by atoms with E-state index in [1.165, 1.54) is 5.56 Å². The van der Waals surface area contributed by atoms with E-state index in [1.54, 1.807) is 0 Å². The molecular formula is C20H24OSi. The fraction of sp³-hybridized carbons (Fsp3) is 0.250. The maximum atomic E-state index is 12.7. The molecule has 0 N–H and O–H groups in total. The average Bonchev–Trinajstić information content (AvgIpc) is 2.51. The van der Waals surface area contributed by atoms with Crippen LogP contribution in [0.25, 0.3) is 6.08 Å². The number of hydrogen-bond acceptors (Lipinski definition) is 1. The van der Waals surface area contributed by atoms with Crippen molar-refractivity contribution in [3.05, 3.63) is 77.0 Å². The Bertz CT molecular complexity index is 636. The smallest absolute Gasteiger partial charge is 0.155 e. The molecule has 0 aliphatic rings. The fourth-order valence-electron chi connectivity index (χ4n) is 2.47. The Kier molecular flexibility index (Phi) is 5.50. The first-order chi connectivity index (χ1) is 10.5. The van der Waals surface area contributed by atoms with E-state index >= 15 is 0 Å². The summed E-state index contributed by atoms with van der Waals surface area (Å²) in [6.45, 7) is 6.71. The number of carbonyl (C=O) groups is 1. The van der Waals surface area contributed by atoms with Gasteiger partial charge in [0.15, 0.2) is 5.78 Å². The SMILES string of the molecule is C[Si](C)(C)/C(=C\c1ccccc1)C(=O)CCc1ccccc1. The first-order valence-electron chi connectivity index (χ1n) is 7.81. The average molecular weight is 308 g/mol. The highest BCUT2D eigenvalue weighted by atomic mass is 28.3. The van der Waals surface area contributed by atoms with Gasteiger partial charge in [-0.3, -0.25) is 4.79 Å². The first kappa shape index (κ1) is 16.4.